The zero-order chi connectivity index (χ0) is 3.58. The minimum atomic E-state index is -2.19. The molecule has 4 heavy (non-hydrogen) atoms. The molecule has 2 nitrogen and oxygen atoms in total. The Labute approximate surface area is 33.6 Å². The summed E-state index contributed by atoms with van der Waals surface area (Å²) in [6, 6.07) is 0. The second-order valence-corrected chi connectivity index (χ2v) is 2.64. The van der Waals surface area contributed by atoms with Crippen LogP contribution in [0, 0.1) is 0 Å². The van der Waals surface area contributed by atoms with Gasteiger partial charge in [0.1, 0.15) is 0 Å². The average Bonchev–Trinajstić information content (AvgIpc) is 0.811. The molecule has 0 fully saturated rings. The molecule has 0 aliphatic carbocycles. The summed E-state index contributed by atoms with van der Waals surface area (Å²) in [4.78, 5) is 7.57. The van der Waals surface area contributed by atoms with E-state index >= 15 is 0 Å². The molecule has 0 rings (SSSR count). The molecule has 0 spiro atoms. The van der Waals surface area contributed by atoms with Crippen molar-refractivity contribution in [2.24, 2.45) is 0 Å². The molecule has 0 aromatic rings. The molecule has 0 saturated heterocycles. The van der Waals surface area contributed by atoms with E-state index in [1.165, 1.54) is 0 Å². The van der Waals surface area contributed by atoms with Crippen molar-refractivity contribution in [1.29, 1.82) is 0 Å². The van der Waals surface area contributed by atoms with Gasteiger partial charge < -0.3 is 0 Å². The van der Waals surface area contributed by atoms with Crippen LogP contribution in [0.4, 0.5) is 0 Å². The van der Waals surface area contributed by atoms with Gasteiger partial charge in [0, 0.05) is 0 Å². The summed E-state index contributed by atoms with van der Waals surface area (Å²) >= 11 is 1.64. The van der Waals surface area contributed by atoms with Crippen LogP contribution < -0.4 is 0 Å². The molecule has 0 amide bonds. The molecule has 1 unspecified atom stereocenters. The van der Waals surface area contributed by atoms with Gasteiger partial charge in [-0.05, 0) is 0 Å². The zero-order valence-electron chi connectivity index (χ0n) is 1.80. The Morgan fingerprint density at radius 3 is 2.00 bits per heavy atom. The average molecular weight is 116 g/mol. The summed E-state index contributed by atoms with van der Waals surface area (Å²) in [5, 5.41) is 0. The Bertz CT molecular complexity index is 29.0. The monoisotopic (exact) mass is 116 g/mol. The number of hydrogen-bond donors (Lipinski definition) is 1. The van der Waals surface area contributed by atoms with E-state index in [1.807, 2.05) is 0 Å². The third-order valence-electron chi connectivity index (χ3n) is 0. The molecule has 1 atom stereocenters. The van der Waals surface area contributed by atoms with Crippen LogP contribution in [0.15, 0.2) is 0 Å². The number of rotatable bonds is 0. The summed E-state index contributed by atoms with van der Waals surface area (Å²) in [6.45, 7) is -2.19. The van der Waals surface area contributed by atoms with Gasteiger partial charge in [-0.25, -0.2) is 0 Å². The third kappa shape index (κ3) is 14.6. The van der Waals surface area contributed by atoms with Crippen molar-refractivity contribution in [2.45, 2.75) is 0 Å². The summed E-state index contributed by atoms with van der Waals surface area (Å²) < 4.78 is 9.16. The van der Waals surface area contributed by atoms with Gasteiger partial charge in [0.25, 0.3) is 0 Å². The van der Waals surface area contributed by atoms with Gasteiger partial charge in [0.15, 0.2) is 0 Å². The molecule has 0 bridgehead atoms. The quantitative estimate of drug-likeness (QED) is 0.449. The van der Waals surface area contributed by atoms with E-state index in [2.05, 4.69) is 0 Å². The molecule has 0 saturated carbocycles. The molecular weight excluding hydrogens is 114 g/mol. The molecule has 0 radical (unpaired) electrons. The van der Waals surface area contributed by atoms with Crippen molar-refractivity contribution >= 4 is 6.50 Å². The van der Waals surface area contributed by atoms with Crippen molar-refractivity contribution in [1.82, 2.24) is 0 Å². The second kappa shape index (κ2) is 2.04. The van der Waals surface area contributed by atoms with Crippen molar-refractivity contribution in [3.8, 4) is 0 Å². The summed E-state index contributed by atoms with van der Waals surface area (Å²) in [6.07, 6.45) is 0. The van der Waals surface area contributed by atoms with Crippen molar-refractivity contribution in [3.63, 3.8) is 0 Å². The van der Waals surface area contributed by atoms with Gasteiger partial charge >= 0.3 is 32.9 Å². The normalized spacial score (nSPS) is 15.2. The van der Waals surface area contributed by atoms with Crippen LogP contribution in [0.25, 0.3) is 0 Å². The van der Waals surface area contributed by atoms with Crippen LogP contribution in [-0.4, -0.2) is 4.89 Å². The second-order valence-electron chi connectivity index (χ2n) is 0.283. The molecule has 1 N–H and O–H groups in total. The van der Waals surface area contributed by atoms with Gasteiger partial charge in [0.05, 0.1) is 0 Å². The predicted octanol–water partition coefficient (Wildman–Crippen LogP) is -0.0848. The van der Waals surface area contributed by atoms with E-state index in [0.717, 1.165) is 0 Å². The molecule has 24 valence electrons. The molecular formula is H2O2PV. The predicted molar refractivity (Wildman–Crippen MR) is 11.2 cm³/mol. The minimum absolute atomic E-state index is 1.64. The first-order valence-corrected chi connectivity index (χ1v) is 4.05. The Morgan fingerprint density at radius 1 is 2.00 bits per heavy atom. The van der Waals surface area contributed by atoms with E-state index in [-0.39, 0.29) is 0 Å². The first kappa shape index (κ1) is 4.77. The van der Waals surface area contributed by atoms with E-state index in [9.17, 15) is 0 Å². The van der Waals surface area contributed by atoms with Crippen molar-refractivity contribution in [3.05, 3.63) is 0 Å². The first-order valence-electron chi connectivity index (χ1n) is 0.651. The fourth-order valence-corrected chi connectivity index (χ4v) is 0. The summed E-state index contributed by atoms with van der Waals surface area (Å²) in [7, 11) is 0. The maximum atomic E-state index is 9.16. The first-order chi connectivity index (χ1) is 1.73. The van der Waals surface area contributed by atoms with Crippen LogP contribution in [0.2, 0.25) is 0 Å². The van der Waals surface area contributed by atoms with Crippen molar-refractivity contribution in [2.75, 3.05) is 0 Å². The van der Waals surface area contributed by atoms with Gasteiger partial charge in [-0.2, -0.15) is 0 Å². The molecule has 0 heterocycles. The standard InChI is InChI=1S/HO2P.V/c1-3-2;/h3H;/q;-1/p+1. The zero-order valence-corrected chi connectivity index (χ0v) is 4.20. The van der Waals surface area contributed by atoms with Crippen LogP contribution in [0.5, 0.6) is 0 Å². The van der Waals surface area contributed by atoms with Gasteiger partial charge in [-0.15, -0.1) is 0 Å². The van der Waals surface area contributed by atoms with Gasteiger partial charge in [0.2, 0.25) is 0 Å². The van der Waals surface area contributed by atoms with Crippen LogP contribution in [0.3, 0.4) is 0 Å². The van der Waals surface area contributed by atoms with Crippen molar-refractivity contribution < 1.29 is 26.4 Å². The summed E-state index contributed by atoms with van der Waals surface area (Å²) in [5.74, 6) is 0. The Hall–Kier alpha value is 0.774. The Kier molecular flexibility index (Phi) is 2.43. The van der Waals surface area contributed by atoms with Gasteiger partial charge in [-0.1, -0.05) is 0 Å². The van der Waals surface area contributed by atoms with E-state index in [4.69, 9.17) is 9.46 Å². The third-order valence-corrected chi connectivity index (χ3v) is 0. The summed E-state index contributed by atoms with van der Waals surface area (Å²) in [5.41, 5.74) is 0. The van der Waals surface area contributed by atoms with Gasteiger partial charge in [-0.3, -0.25) is 0 Å². The Morgan fingerprint density at radius 2 is 2.00 bits per heavy atom. The topological polar surface area (TPSA) is 37.3 Å². The molecule has 0 aliphatic heterocycles. The van der Waals surface area contributed by atoms with Crippen LogP contribution in [-0.2, 0) is 21.5 Å². The fourth-order valence-electron chi connectivity index (χ4n) is 0. The molecule has 0 aromatic heterocycles. The Balaban J connectivity index is 2.80. The van der Waals surface area contributed by atoms with E-state index < -0.39 is 6.50 Å². The molecule has 0 aromatic carbocycles. The fraction of sp³-hybridized carbons (Fsp3) is 0. The van der Waals surface area contributed by atoms with Crippen LogP contribution >= 0.6 is 6.50 Å². The molecule has 4 heteroatoms. The SMILES string of the molecule is O=[PH](O)[V]. The molecule has 0 aliphatic rings. The number of hydrogen-bond acceptors (Lipinski definition) is 1. The van der Waals surface area contributed by atoms with Crippen LogP contribution in [0.1, 0.15) is 0 Å². The van der Waals surface area contributed by atoms with E-state index in [0.29, 0.717) is 0 Å². The van der Waals surface area contributed by atoms with E-state index in [1.54, 1.807) is 17.0 Å². The maximum absolute atomic E-state index is 9.16.